The second-order valence-electron chi connectivity index (χ2n) is 6.70. The zero-order chi connectivity index (χ0) is 33.9. The van der Waals surface area contributed by atoms with Crippen LogP contribution in [0.15, 0.2) is 0 Å². The van der Waals surface area contributed by atoms with Crippen molar-refractivity contribution in [2.45, 2.75) is 66.5 Å². The van der Waals surface area contributed by atoms with Crippen LogP contribution in [0.4, 0.5) is 101 Å². The van der Waals surface area contributed by atoms with Gasteiger partial charge >= 0.3 is 72.5 Å². The number of alkyl halides is 23. The Morgan fingerprint density at radius 2 is 0.707 bits per heavy atom. The monoisotopic (exact) mass is 676 g/mol. The van der Waals surface area contributed by atoms with E-state index in [1.165, 1.54) is 0 Å². The van der Waals surface area contributed by atoms with E-state index in [0.717, 1.165) is 9.47 Å². The molecule has 0 radical (unpaired) electrons. The molecule has 0 fully saturated rings. The van der Waals surface area contributed by atoms with Crippen LogP contribution in [-0.4, -0.2) is 79.6 Å². The van der Waals surface area contributed by atoms with Crippen LogP contribution in [0.5, 0.6) is 0 Å². The molecule has 0 heterocycles. The highest BCUT2D eigenvalue weighted by Crippen LogP contribution is 2.59. The molecule has 41 heavy (non-hydrogen) atoms. The van der Waals surface area contributed by atoms with Crippen molar-refractivity contribution in [1.82, 2.24) is 0 Å². The second kappa shape index (κ2) is 10.2. The van der Waals surface area contributed by atoms with Gasteiger partial charge in [0.25, 0.3) is 0 Å². The Balaban J connectivity index is 7.29. The number of halogens is 23. The van der Waals surface area contributed by atoms with Crippen LogP contribution in [0.1, 0.15) is 0 Å². The minimum absolute atomic E-state index is 0.393. The molecule has 0 aromatic heterocycles. The van der Waals surface area contributed by atoms with Gasteiger partial charge in [-0.2, -0.15) is 101 Å². The predicted octanol–water partition coefficient (Wildman–Crippen LogP) is 6.87. The van der Waals surface area contributed by atoms with Crippen molar-refractivity contribution < 1.29 is 125 Å². The van der Waals surface area contributed by atoms with Crippen molar-refractivity contribution in [3.8, 4) is 0 Å². The van der Waals surface area contributed by atoms with Gasteiger partial charge in [0.15, 0.2) is 0 Å². The summed E-state index contributed by atoms with van der Waals surface area (Å²) in [7, 11) is -0.393. The van der Waals surface area contributed by atoms with Crippen LogP contribution in [-0.2, 0) is 23.7 Å². The number of carbonyl (C=O) groups is 1. The molecule has 0 spiro atoms. The summed E-state index contributed by atoms with van der Waals surface area (Å²) in [5, 5.41) is 0. The number of rotatable bonds is 10. The Bertz CT molecular complexity index is 948. The third-order valence-electron chi connectivity index (χ3n) is 3.82. The van der Waals surface area contributed by atoms with Gasteiger partial charge in [0.2, 0.25) is 0 Å². The summed E-state index contributed by atoms with van der Waals surface area (Å²) in [6.07, 6.45) is -57.5. The molecule has 0 saturated carbocycles. The van der Waals surface area contributed by atoms with Gasteiger partial charge in [-0.3, -0.25) is 14.2 Å². The smallest absolute Gasteiger partial charge is 0.462 e. The van der Waals surface area contributed by atoms with Gasteiger partial charge in [0.1, 0.15) is 0 Å². The highest BCUT2D eigenvalue weighted by molar-refractivity contribution is 5.78. The normalized spacial score (nSPS) is 19.7. The molecule has 0 saturated heterocycles. The first-order valence-corrected chi connectivity index (χ1v) is 8.39. The summed E-state index contributed by atoms with van der Waals surface area (Å²) >= 11 is 0. The van der Waals surface area contributed by atoms with Crippen LogP contribution in [0.25, 0.3) is 0 Å². The highest BCUT2D eigenvalue weighted by Gasteiger charge is 2.88. The maximum Gasteiger partial charge on any atom is 0.462 e. The molecule has 0 aromatic carbocycles. The zero-order valence-corrected chi connectivity index (χ0v) is 17.7. The van der Waals surface area contributed by atoms with Gasteiger partial charge in [-0.1, -0.05) is 0 Å². The van der Waals surface area contributed by atoms with Gasteiger partial charge in [-0.15, -0.1) is 0 Å². The van der Waals surface area contributed by atoms with Crippen LogP contribution < -0.4 is 0 Å². The molecule has 0 amide bonds. The van der Waals surface area contributed by atoms with Gasteiger partial charge in [0.05, 0.1) is 7.11 Å². The molecule has 0 aromatic rings. The fourth-order valence-electron chi connectivity index (χ4n) is 1.80. The van der Waals surface area contributed by atoms with E-state index in [4.69, 9.17) is 0 Å². The molecule has 246 valence electrons. The SMILES string of the molecule is COC(=O)[C@@](F)(OC(F)(F)[C@](F)(OC(F)(F)[C@](F)(OC(F)(F)C(F)(F)C(F)(F)F)C(F)(F)F)C(F)(F)F)C(F)(F)F. The molecule has 0 unspecified atom stereocenters. The quantitative estimate of drug-likeness (QED) is 0.187. The first-order chi connectivity index (χ1) is 17.4. The van der Waals surface area contributed by atoms with E-state index in [2.05, 4.69) is 4.74 Å². The average molecular weight is 676 g/mol. The fraction of sp³-hybridized carbons (Fsp3) is 0.923. The molecular formula is C13H3F23O5. The van der Waals surface area contributed by atoms with Crippen molar-refractivity contribution >= 4 is 5.97 Å². The van der Waals surface area contributed by atoms with Crippen molar-refractivity contribution in [3.05, 3.63) is 0 Å². The van der Waals surface area contributed by atoms with E-state index in [-0.39, 0.29) is 0 Å². The summed E-state index contributed by atoms with van der Waals surface area (Å²) in [6, 6.07) is 0. The summed E-state index contributed by atoms with van der Waals surface area (Å²) in [6.45, 7) is 0. The van der Waals surface area contributed by atoms with Crippen molar-refractivity contribution in [2.24, 2.45) is 0 Å². The van der Waals surface area contributed by atoms with Crippen molar-refractivity contribution in [3.63, 3.8) is 0 Å². The van der Waals surface area contributed by atoms with Crippen molar-refractivity contribution in [2.75, 3.05) is 7.11 Å². The molecule has 28 heteroatoms. The maximum atomic E-state index is 14.1. The van der Waals surface area contributed by atoms with Crippen LogP contribution in [0, 0.1) is 0 Å². The van der Waals surface area contributed by atoms with E-state index in [0.29, 0.717) is 0 Å². The lowest BCUT2D eigenvalue weighted by Gasteiger charge is -2.42. The third-order valence-corrected chi connectivity index (χ3v) is 3.82. The predicted molar refractivity (Wildman–Crippen MR) is 70.8 cm³/mol. The summed E-state index contributed by atoms with van der Waals surface area (Å²) in [5.41, 5.74) is 0. The Hall–Kier alpha value is -2.26. The standard InChI is InChI=1S/C13H3F23O5/c1-38-2(37)3(14,7(19,20)21)39-12(33,34)5(17,9(25,26)27)41-13(35,36)6(18,10(28,29)30)40-11(31,32)4(15,16)8(22,23)24/h1H3/t3-,5-,6-/m1/s1. The van der Waals surface area contributed by atoms with Gasteiger partial charge in [-0.25, -0.2) is 4.79 Å². The molecule has 0 bridgehead atoms. The second-order valence-corrected chi connectivity index (χ2v) is 6.70. The lowest BCUT2D eigenvalue weighted by Crippen LogP contribution is -2.70. The lowest BCUT2D eigenvalue weighted by atomic mass is 10.2. The summed E-state index contributed by atoms with van der Waals surface area (Å²) in [5.74, 6) is -36.5. The van der Waals surface area contributed by atoms with Crippen LogP contribution >= 0.6 is 0 Å². The first kappa shape index (κ1) is 38.7. The molecule has 0 aliphatic carbocycles. The Morgan fingerprint density at radius 3 is 0.951 bits per heavy atom. The minimum atomic E-state index is -8.74. The number of ether oxygens (including phenoxy) is 4. The van der Waals surface area contributed by atoms with Gasteiger partial charge < -0.3 is 4.74 Å². The number of hydrogen-bond donors (Lipinski definition) is 0. The Kier molecular flexibility index (Phi) is 9.62. The Labute approximate surface area is 206 Å². The third kappa shape index (κ3) is 6.41. The lowest BCUT2D eigenvalue weighted by molar-refractivity contribution is -0.578. The molecule has 0 rings (SSSR count). The molecule has 0 aliphatic heterocycles. The van der Waals surface area contributed by atoms with E-state index in [1.807, 2.05) is 0 Å². The van der Waals surface area contributed by atoms with E-state index >= 15 is 0 Å². The largest absolute Gasteiger partial charge is 0.465 e. The van der Waals surface area contributed by atoms with Crippen LogP contribution in [0.3, 0.4) is 0 Å². The topological polar surface area (TPSA) is 54.0 Å². The summed E-state index contributed by atoms with van der Waals surface area (Å²) < 4.78 is 306. The average Bonchev–Trinajstić information content (AvgIpc) is 2.68. The van der Waals surface area contributed by atoms with E-state index in [1.54, 1.807) is 4.74 Å². The maximum absolute atomic E-state index is 14.1. The van der Waals surface area contributed by atoms with Crippen LogP contribution in [0.2, 0.25) is 0 Å². The molecule has 0 N–H and O–H groups in total. The number of esters is 1. The fourth-order valence-corrected chi connectivity index (χ4v) is 1.80. The molecule has 0 aliphatic rings. The number of methoxy groups -OCH3 is 1. The zero-order valence-electron chi connectivity index (χ0n) is 17.7. The number of carbonyl (C=O) groups excluding carboxylic acids is 1. The molecule has 5 nitrogen and oxygen atoms in total. The van der Waals surface area contributed by atoms with Crippen molar-refractivity contribution in [1.29, 1.82) is 0 Å². The van der Waals surface area contributed by atoms with E-state index < -0.39 is 79.6 Å². The minimum Gasteiger partial charge on any atom is -0.465 e. The molecule has 3 atom stereocenters. The Morgan fingerprint density at radius 1 is 0.415 bits per heavy atom. The van der Waals surface area contributed by atoms with Gasteiger partial charge in [-0.05, 0) is 0 Å². The van der Waals surface area contributed by atoms with E-state index in [9.17, 15) is 106 Å². The first-order valence-electron chi connectivity index (χ1n) is 8.39. The van der Waals surface area contributed by atoms with Gasteiger partial charge in [0, 0.05) is 0 Å². The highest BCUT2D eigenvalue weighted by atomic mass is 19.4. The summed E-state index contributed by atoms with van der Waals surface area (Å²) in [4.78, 5) is 10.8. The molecular weight excluding hydrogens is 673 g/mol. The number of hydrogen-bond acceptors (Lipinski definition) is 5.